The van der Waals surface area contributed by atoms with Gasteiger partial charge in [-0.3, -0.25) is 14.6 Å². The molecule has 3 aromatic rings. The molecule has 2 atom stereocenters. The fourth-order valence-corrected chi connectivity index (χ4v) is 3.84. The monoisotopic (exact) mass is 519 g/mol. The Balaban J connectivity index is 1.93. The first-order valence-electron chi connectivity index (χ1n) is 12.0. The number of hydrogen-bond acceptors (Lipinski definition) is 7. The Kier molecular flexibility index (Phi) is 10.1. The molecule has 0 fully saturated rings. The summed E-state index contributed by atoms with van der Waals surface area (Å²) in [5.41, 5.74) is 1.49. The first kappa shape index (κ1) is 28.0. The number of nitrogens with zero attached hydrogens (tertiary/aromatic N) is 1. The van der Waals surface area contributed by atoms with Crippen LogP contribution in [0.5, 0.6) is 11.5 Å². The summed E-state index contributed by atoms with van der Waals surface area (Å²) in [6, 6.07) is 18.6. The van der Waals surface area contributed by atoms with Gasteiger partial charge in [-0.25, -0.2) is 4.39 Å². The van der Waals surface area contributed by atoms with Gasteiger partial charge in [-0.2, -0.15) is 0 Å². The number of benzene rings is 3. The van der Waals surface area contributed by atoms with E-state index in [0.29, 0.717) is 29.2 Å². The molecule has 0 heterocycles. The van der Waals surface area contributed by atoms with Crippen molar-refractivity contribution in [3.05, 3.63) is 89.7 Å². The Labute approximate surface area is 220 Å². The SMILES string of the molecule is CN=CC(C(=N)C(=O)C(Nc1cc(OC)cc(OCCCC(=O)O)c1)c1ccc(F)cc1)c1ccccc1. The molecule has 9 heteroatoms. The third-order valence-electron chi connectivity index (χ3n) is 5.73. The number of methoxy groups -OCH3 is 1. The number of Topliss-reactive ketones (excluding diaryl/α,β-unsaturated/α-hetero) is 1. The Bertz CT molecular complexity index is 1280. The summed E-state index contributed by atoms with van der Waals surface area (Å²) in [6.07, 6.45) is 1.84. The number of anilines is 1. The number of ketones is 1. The minimum atomic E-state index is -1.02. The maximum atomic E-state index is 13.8. The number of halogens is 1. The molecule has 8 nitrogen and oxygen atoms in total. The lowest BCUT2D eigenvalue weighted by Crippen LogP contribution is -2.32. The van der Waals surface area contributed by atoms with Crippen molar-refractivity contribution in [3.63, 3.8) is 0 Å². The van der Waals surface area contributed by atoms with Crippen LogP contribution in [0.25, 0.3) is 0 Å². The standard InChI is InChI=1S/C29H30FN3O5/c1-32-18-25(19-7-4-3-5-8-19)27(31)29(36)28(20-10-12-21(30)13-11-20)33-22-15-23(37-2)17-24(16-22)38-14-6-9-26(34)35/h3-5,7-8,10-13,15-18,25,28,31,33H,6,9,14H2,1-2H3,(H,34,35). The van der Waals surface area contributed by atoms with E-state index in [4.69, 9.17) is 20.0 Å². The number of aliphatic imine (C=N–C) groups is 1. The smallest absolute Gasteiger partial charge is 0.303 e. The zero-order chi connectivity index (χ0) is 27.5. The molecule has 0 saturated carbocycles. The number of carboxylic acid groups (broad SMARTS) is 1. The van der Waals surface area contributed by atoms with Crippen LogP contribution < -0.4 is 14.8 Å². The van der Waals surface area contributed by atoms with Gasteiger partial charge in [-0.05, 0) is 29.7 Å². The Hall–Kier alpha value is -4.53. The molecule has 198 valence electrons. The van der Waals surface area contributed by atoms with Gasteiger partial charge in [0, 0.05) is 43.6 Å². The molecule has 0 aromatic heterocycles. The van der Waals surface area contributed by atoms with Gasteiger partial charge < -0.3 is 25.3 Å². The van der Waals surface area contributed by atoms with Gasteiger partial charge in [0.2, 0.25) is 5.78 Å². The summed E-state index contributed by atoms with van der Waals surface area (Å²) in [5.74, 6) is -1.68. The normalized spacial score (nSPS) is 12.5. The predicted molar refractivity (Wildman–Crippen MR) is 144 cm³/mol. The molecule has 0 aliphatic rings. The quantitative estimate of drug-likeness (QED) is 0.196. The second kappa shape index (κ2) is 13.7. The Morgan fingerprint density at radius 2 is 1.74 bits per heavy atom. The van der Waals surface area contributed by atoms with Gasteiger partial charge in [-0.15, -0.1) is 0 Å². The van der Waals surface area contributed by atoms with E-state index in [9.17, 15) is 14.0 Å². The zero-order valence-electron chi connectivity index (χ0n) is 21.2. The van der Waals surface area contributed by atoms with E-state index >= 15 is 0 Å². The molecule has 0 saturated heterocycles. The van der Waals surface area contributed by atoms with Gasteiger partial charge in [-0.1, -0.05) is 42.5 Å². The first-order valence-corrected chi connectivity index (χ1v) is 12.0. The van der Waals surface area contributed by atoms with Crippen LogP contribution in [-0.2, 0) is 9.59 Å². The highest BCUT2D eigenvalue weighted by atomic mass is 19.1. The van der Waals surface area contributed by atoms with Crippen molar-refractivity contribution in [2.24, 2.45) is 4.99 Å². The van der Waals surface area contributed by atoms with Gasteiger partial charge in [0.25, 0.3) is 0 Å². The lowest BCUT2D eigenvalue weighted by Gasteiger charge is -2.23. The van der Waals surface area contributed by atoms with E-state index in [1.807, 2.05) is 30.3 Å². The summed E-state index contributed by atoms with van der Waals surface area (Å²) in [4.78, 5) is 28.6. The summed E-state index contributed by atoms with van der Waals surface area (Å²) >= 11 is 0. The number of carboxylic acids is 1. The fourth-order valence-electron chi connectivity index (χ4n) is 3.84. The fraction of sp³-hybridized carbons (Fsp3) is 0.241. The summed E-state index contributed by atoms with van der Waals surface area (Å²) < 4.78 is 24.8. The van der Waals surface area contributed by atoms with Gasteiger partial charge in [0.15, 0.2) is 0 Å². The number of ether oxygens (including phenoxy) is 2. The average molecular weight is 520 g/mol. The summed E-state index contributed by atoms with van der Waals surface area (Å²) in [6.45, 7) is 0.180. The van der Waals surface area contributed by atoms with Crippen LogP contribution in [0, 0.1) is 11.2 Å². The van der Waals surface area contributed by atoms with Crippen LogP contribution in [-0.4, -0.2) is 49.5 Å². The van der Waals surface area contributed by atoms with Crippen molar-refractivity contribution in [3.8, 4) is 11.5 Å². The molecule has 0 radical (unpaired) electrons. The van der Waals surface area contributed by atoms with E-state index in [2.05, 4.69) is 10.3 Å². The molecule has 38 heavy (non-hydrogen) atoms. The Morgan fingerprint density at radius 3 is 2.37 bits per heavy atom. The molecular formula is C29H30FN3O5. The minimum Gasteiger partial charge on any atom is -0.497 e. The molecule has 3 N–H and O–H groups in total. The van der Waals surface area contributed by atoms with Crippen molar-refractivity contribution in [2.45, 2.75) is 24.8 Å². The molecular weight excluding hydrogens is 489 g/mol. The van der Waals surface area contributed by atoms with E-state index < -0.39 is 29.5 Å². The lowest BCUT2D eigenvalue weighted by molar-refractivity contribution is -0.137. The number of rotatable bonds is 14. The highest BCUT2D eigenvalue weighted by Crippen LogP contribution is 2.31. The molecule has 0 amide bonds. The van der Waals surface area contributed by atoms with Gasteiger partial charge >= 0.3 is 5.97 Å². The molecule has 3 aromatic carbocycles. The van der Waals surface area contributed by atoms with Crippen LogP contribution in [0.4, 0.5) is 10.1 Å². The van der Waals surface area contributed by atoms with E-state index in [-0.39, 0.29) is 18.7 Å². The molecule has 0 bridgehead atoms. The topological polar surface area (TPSA) is 121 Å². The van der Waals surface area contributed by atoms with Crippen molar-refractivity contribution < 1.29 is 28.6 Å². The zero-order valence-corrected chi connectivity index (χ0v) is 21.2. The van der Waals surface area contributed by atoms with Crippen molar-refractivity contribution in [2.75, 3.05) is 26.1 Å². The van der Waals surface area contributed by atoms with Crippen molar-refractivity contribution >= 4 is 29.4 Å². The predicted octanol–water partition coefficient (Wildman–Crippen LogP) is 5.30. The third-order valence-corrected chi connectivity index (χ3v) is 5.73. The number of carbonyl (C=O) groups is 2. The van der Waals surface area contributed by atoms with E-state index in [1.165, 1.54) is 31.4 Å². The number of carbonyl (C=O) groups excluding carboxylic acids is 1. The van der Waals surface area contributed by atoms with Gasteiger partial charge in [0.1, 0.15) is 23.4 Å². The second-order valence-corrected chi connectivity index (χ2v) is 8.45. The van der Waals surface area contributed by atoms with Crippen LogP contribution in [0.2, 0.25) is 0 Å². The minimum absolute atomic E-state index is 0.0258. The van der Waals surface area contributed by atoms with Crippen LogP contribution >= 0.6 is 0 Å². The molecule has 0 aliphatic carbocycles. The van der Waals surface area contributed by atoms with Gasteiger partial charge in [0.05, 0.1) is 25.3 Å². The average Bonchev–Trinajstić information content (AvgIpc) is 2.93. The van der Waals surface area contributed by atoms with Crippen LogP contribution in [0.15, 0.2) is 77.8 Å². The lowest BCUT2D eigenvalue weighted by atomic mass is 9.88. The highest BCUT2D eigenvalue weighted by molar-refractivity contribution is 6.45. The molecule has 0 spiro atoms. The number of hydrogen-bond donors (Lipinski definition) is 3. The van der Waals surface area contributed by atoms with E-state index in [0.717, 1.165) is 5.56 Å². The second-order valence-electron chi connectivity index (χ2n) is 8.45. The molecule has 0 aliphatic heterocycles. The molecule has 3 rings (SSSR count). The first-order chi connectivity index (χ1) is 18.3. The number of aliphatic carboxylic acids is 1. The van der Waals surface area contributed by atoms with Crippen molar-refractivity contribution in [1.82, 2.24) is 0 Å². The maximum absolute atomic E-state index is 13.8. The van der Waals surface area contributed by atoms with Crippen LogP contribution in [0.1, 0.15) is 35.9 Å². The highest BCUT2D eigenvalue weighted by Gasteiger charge is 2.29. The largest absolute Gasteiger partial charge is 0.497 e. The summed E-state index contributed by atoms with van der Waals surface area (Å²) in [7, 11) is 3.07. The number of nitrogens with one attached hydrogen (secondary N) is 2. The summed E-state index contributed by atoms with van der Waals surface area (Å²) in [5, 5.41) is 20.8. The maximum Gasteiger partial charge on any atom is 0.303 e. The van der Waals surface area contributed by atoms with Crippen LogP contribution in [0.3, 0.4) is 0 Å². The third kappa shape index (κ3) is 7.73. The molecule has 2 unspecified atom stereocenters. The van der Waals surface area contributed by atoms with Crippen molar-refractivity contribution in [1.29, 1.82) is 5.41 Å². The Morgan fingerprint density at radius 1 is 1.05 bits per heavy atom. The van der Waals surface area contributed by atoms with E-state index in [1.54, 1.807) is 31.5 Å².